The van der Waals surface area contributed by atoms with Gasteiger partial charge in [-0.25, -0.2) is 0 Å². The van der Waals surface area contributed by atoms with Gasteiger partial charge >= 0.3 is 5.97 Å². The van der Waals surface area contributed by atoms with E-state index in [1.807, 2.05) is 52.8 Å². The molecule has 0 saturated heterocycles. The highest BCUT2D eigenvalue weighted by molar-refractivity contribution is 6.02. The molecule has 0 amide bonds. The number of anilines is 1. The SMILES string of the molecule is CCC(C)CCOC(C)C(C)C.CCCC(=O)OC(C)(C)C.CCCC(CC)(CCC)Nc1cc[nH]c(=O)c1C(N)=NC1C=C(C)C(C(C)=O)=CC1. The Morgan fingerprint density at radius 1 is 1.04 bits per heavy atom. The number of esters is 1. The third-order valence-electron chi connectivity index (χ3n) is 9.37. The Morgan fingerprint density at radius 2 is 1.65 bits per heavy atom. The van der Waals surface area contributed by atoms with Gasteiger partial charge in [0.15, 0.2) is 5.78 Å². The van der Waals surface area contributed by atoms with Gasteiger partial charge in [0.05, 0.1) is 17.8 Å². The number of Topliss-reactive ketones (excluding diaryl/α,β-unsaturated/α-hetero) is 1. The van der Waals surface area contributed by atoms with Crippen LogP contribution in [-0.4, -0.2) is 52.5 Å². The number of ether oxygens (including phenoxy) is 2. The van der Waals surface area contributed by atoms with Gasteiger partial charge in [0, 0.05) is 30.3 Å². The minimum absolute atomic E-state index is 0.0490. The zero-order valence-electron chi connectivity index (χ0n) is 35.5. The van der Waals surface area contributed by atoms with Crippen LogP contribution in [0, 0.1) is 11.8 Å². The lowest BCUT2D eigenvalue weighted by molar-refractivity contribution is -0.154. The van der Waals surface area contributed by atoms with Crippen molar-refractivity contribution >= 4 is 23.3 Å². The van der Waals surface area contributed by atoms with Gasteiger partial charge in [0.2, 0.25) is 0 Å². The Bertz CT molecular complexity index is 1350. The molecule has 0 saturated carbocycles. The van der Waals surface area contributed by atoms with Crippen molar-refractivity contribution in [2.75, 3.05) is 11.9 Å². The summed E-state index contributed by atoms with van der Waals surface area (Å²) in [7, 11) is 0. The van der Waals surface area contributed by atoms with Crippen molar-refractivity contribution in [1.82, 2.24) is 4.98 Å². The van der Waals surface area contributed by atoms with Crippen LogP contribution in [0.2, 0.25) is 0 Å². The molecule has 1 heterocycles. The average Bonchev–Trinajstić information content (AvgIpc) is 3.04. The number of H-pyrrole nitrogens is 1. The van der Waals surface area contributed by atoms with Crippen LogP contribution >= 0.6 is 0 Å². The van der Waals surface area contributed by atoms with Gasteiger partial charge in [-0.15, -0.1) is 0 Å². The molecule has 0 aromatic carbocycles. The number of carbonyl (C=O) groups is 2. The van der Waals surface area contributed by atoms with Crippen LogP contribution < -0.4 is 16.6 Å². The number of ketones is 1. The summed E-state index contributed by atoms with van der Waals surface area (Å²) < 4.78 is 10.7. The van der Waals surface area contributed by atoms with Gasteiger partial charge in [0.1, 0.15) is 17.0 Å². The average molecular weight is 729 g/mol. The van der Waals surface area contributed by atoms with E-state index in [2.05, 4.69) is 70.7 Å². The van der Waals surface area contributed by atoms with E-state index < -0.39 is 0 Å². The summed E-state index contributed by atoms with van der Waals surface area (Å²) in [4.78, 5) is 42.6. The normalized spacial score (nSPS) is 16.0. The summed E-state index contributed by atoms with van der Waals surface area (Å²) in [5.41, 5.74) is 8.42. The molecule has 0 bridgehead atoms. The zero-order valence-corrected chi connectivity index (χ0v) is 35.5. The third kappa shape index (κ3) is 19.0. The summed E-state index contributed by atoms with van der Waals surface area (Å²) in [6.45, 7) is 29.6. The molecule has 9 heteroatoms. The van der Waals surface area contributed by atoms with Crippen molar-refractivity contribution in [1.29, 1.82) is 0 Å². The predicted molar refractivity (Wildman–Crippen MR) is 220 cm³/mol. The van der Waals surface area contributed by atoms with E-state index >= 15 is 0 Å². The van der Waals surface area contributed by atoms with Crippen LogP contribution in [0.15, 0.2) is 45.3 Å². The second-order valence-electron chi connectivity index (χ2n) is 15.7. The lowest BCUT2D eigenvalue weighted by atomic mass is 9.85. The number of rotatable bonds is 18. The summed E-state index contributed by atoms with van der Waals surface area (Å²) in [6, 6.07) is 1.67. The highest BCUT2D eigenvalue weighted by Crippen LogP contribution is 2.30. The van der Waals surface area contributed by atoms with Gasteiger partial charge in [-0.1, -0.05) is 86.8 Å². The molecule has 9 nitrogen and oxygen atoms in total. The quantitative estimate of drug-likeness (QED) is 0.0778. The van der Waals surface area contributed by atoms with Gasteiger partial charge in [0.25, 0.3) is 5.56 Å². The fourth-order valence-electron chi connectivity index (χ4n) is 5.82. The Morgan fingerprint density at radius 3 is 2.12 bits per heavy atom. The number of hydrogen-bond acceptors (Lipinski definition) is 7. The van der Waals surface area contributed by atoms with E-state index in [9.17, 15) is 14.4 Å². The van der Waals surface area contributed by atoms with Crippen LogP contribution in [-0.2, 0) is 19.1 Å². The number of aliphatic imine (C=N–C) groups is 1. The number of aromatic amines is 1. The standard InChI is InChI=1S/C24H36N4O2.C11H24O.C8H16O2/c1-6-12-24(8-3,13-7-2)28-20-11-14-26-23(30)21(20)22(25)27-18-9-10-19(17(5)29)16(4)15-18;1-6-10(4)7-8-12-11(5)9(2)3;1-5-6-7(9)10-8(2,3)4/h10-11,14-15,18H,6-9,12-13H2,1-5H3,(H2,25,27)(H2,26,28,30);9-11H,6-8H2,1-5H3;5-6H2,1-4H3. The molecule has 3 unspecified atom stereocenters. The predicted octanol–water partition coefficient (Wildman–Crippen LogP) is 10.1. The first-order valence-corrected chi connectivity index (χ1v) is 19.9. The van der Waals surface area contributed by atoms with Gasteiger partial charge < -0.3 is 25.5 Å². The molecule has 298 valence electrons. The van der Waals surface area contributed by atoms with Crippen LogP contribution in [0.1, 0.15) is 167 Å². The van der Waals surface area contributed by atoms with E-state index in [1.165, 1.54) is 12.8 Å². The van der Waals surface area contributed by atoms with Crippen molar-refractivity contribution in [2.45, 2.75) is 184 Å². The van der Waals surface area contributed by atoms with Crippen molar-refractivity contribution in [2.24, 2.45) is 22.6 Å². The molecule has 0 spiro atoms. The number of nitrogens with zero attached hydrogens (tertiary/aromatic N) is 1. The van der Waals surface area contributed by atoms with E-state index in [1.54, 1.807) is 13.1 Å². The maximum absolute atomic E-state index is 12.7. The maximum atomic E-state index is 12.7. The molecule has 1 aliphatic carbocycles. The number of aromatic nitrogens is 1. The van der Waals surface area contributed by atoms with Crippen LogP contribution in [0.3, 0.4) is 0 Å². The Labute approximate surface area is 317 Å². The van der Waals surface area contributed by atoms with Gasteiger partial charge in [-0.3, -0.25) is 19.4 Å². The van der Waals surface area contributed by atoms with Crippen LogP contribution in [0.5, 0.6) is 0 Å². The second kappa shape index (κ2) is 24.9. The minimum Gasteiger partial charge on any atom is -0.460 e. The highest BCUT2D eigenvalue weighted by atomic mass is 16.6. The first kappa shape index (κ1) is 48.8. The largest absolute Gasteiger partial charge is 0.460 e. The molecule has 3 atom stereocenters. The lowest BCUT2D eigenvalue weighted by Gasteiger charge is -2.35. The number of amidine groups is 1. The molecular formula is C43H76N4O5. The molecule has 1 aliphatic rings. The van der Waals surface area contributed by atoms with Crippen LogP contribution in [0.4, 0.5) is 5.69 Å². The molecule has 0 radical (unpaired) electrons. The van der Waals surface area contributed by atoms with Crippen LogP contribution in [0.25, 0.3) is 0 Å². The maximum Gasteiger partial charge on any atom is 0.306 e. The molecular weight excluding hydrogens is 652 g/mol. The minimum atomic E-state index is -0.327. The zero-order chi connectivity index (χ0) is 40.1. The first-order chi connectivity index (χ1) is 24.3. The topological polar surface area (TPSA) is 136 Å². The summed E-state index contributed by atoms with van der Waals surface area (Å²) >= 11 is 0. The molecule has 4 N–H and O–H groups in total. The first-order valence-electron chi connectivity index (χ1n) is 19.9. The molecule has 0 aliphatic heterocycles. The van der Waals surface area contributed by atoms with E-state index in [0.717, 1.165) is 67.9 Å². The molecule has 52 heavy (non-hydrogen) atoms. The second-order valence-corrected chi connectivity index (χ2v) is 15.7. The fourth-order valence-corrected chi connectivity index (χ4v) is 5.82. The van der Waals surface area contributed by atoms with Crippen molar-refractivity contribution < 1.29 is 19.1 Å². The van der Waals surface area contributed by atoms with Gasteiger partial charge in [-0.2, -0.15) is 0 Å². The van der Waals surface area contributed by atoms with Gasteiger partial charge in [-0.05, 0) is 104 Å². The smallest absolute Gasteiger partial charge is 0.306 e. The van der Waals surface area contributed by atoms with E-state index in [-0.39, 0.29) is 40.3 Å². The highest BCUT2D eigenvalue weighted by Gasteiger charge is 2.28. The Balaban J connectivity index is 0.000000968. The van der Waals surface area contributed by atoms with Crippen molar-refractivity contribution in [3.8, 4) is 0 Å². The van der Waals surface area contributed by atoms with Crippen molar-refractivity contribution in [3.05, 3.63) is 51.5 Å². The summed E-state index contributed by atoms with van der Waals surface area (Å²) in [6.07, 6.45) is 15.4. The monoisotopic (exact) mass is 729 g/mol. The molecule has 1 aromatic rings. The molecule has 1 aromatic heterocycles. The number of nitrogens with one attached hydrogen (secondary N) is 2. The lowest BCUT2D eigenvalue weighted by Crippen LogP contribution is -2.39. The third-order valence-corrected chi connectivity index (χ3v) is 9.37. The summed E-state index contributed by atoms with van der Waals surface area (Å²) in [5.74, 6) is 1.61. The number of nitrogens with two attached hydrogens (primary N) is 1. The molecule has 0 fully saturated rings. The number of allylic oxidation sites excluding steroid dienone is 2. The summed E-state index contributed by atoms with van der Waals surface area (Å²) in [5, 5.41) is 3.65. The number of carbonyl (C=O) groups excluding carboxylic acids is 2. The number of hydrogen-bond donors (Lipinski definition) is 3. The Hall–Kier alpha value is -3.20. The Kier molecular flexibility index (Phi) is 23.4. The number of pyridine rings is 1. The van der Waals surface area contributed by atoms with E-state index in [4.69, 9.17) is 15.2 Å². The fraction of sp³-hybridized carbons (Fsp3) is 0.721. The molecule has 2 rings (SSSR count). The van der Waals surface area contributed by atoms with E-state index in [0.29, 0.717) is 30.4 Å². The van der Waals surface area contributed by atoms with Crippen molar-refractivity contribution in [3.63, 3.8) is 0 Å².